The van der Waals surface area contributed by atoms with Crippen molar-refractivity contribution in [3.05, 3.63) is 17.3 Å². The van der Waals surface area contributed by atoms with Crippen molar-refractivity contribution >= 4 is 29.3 Å². The Morgan fingerprint density at radius 3 is 2.85 bits per heavy atom. The molecule has 2 heterocycles. The van der Waals surface area contributed by atoms with Crippen LogP contribution in [0.25, 0.3) is 11.0 Å². The van der Waals surface area contributed by atoms with Gasteiger partial charge in [0, 0.05) is 11.8 Å². The maximum atomic E-state index is 5.90. The number of H-pyrrole nitrogens is 1. The van der Waals surface area contributed by atoms with Gasteiger partial charge >= 0.3 is 0 Å². The number of hydrogen-bond acceptors (Lipinski definition) is 3. The first-order valence-corrected chi connectivity index (χ1v) is 4.48. The molecule has 0 amide bonds. The second-order valence-corrected chi connectivity index (χ2v) is 3.62. The molecular weight excluding hydrogens is 182 g/mol. The molecule has 0 saturated carbocycles. The van der Waals surface area contributed by atoms with Crippen molar-refractivity contribution in [3.8, 4) is 0 Å². The third kappa shape index (κ3) is 1.09. The fourth-order valence-corrected chi connectivity index (χ4v) is 1.57. The maximum Gasteiger partial charge on any atom is 0.0941 e. The van der Waals surface area contributed by atoms with Gasteiger partial charge in [-0.25, -0.2) is 0 Å². The molecule has 4 heteroatoms. The van der Waals surface area contributed by atoms with Gasteiger partial charge in [0.2, 0.25) is 0 Å². The van der Waals surface area contributed by atoms with Gasteiger partial charge in [-0.15, -0.1) is 12.6 Å². The van der Waals surface area contributed by atoms with Gasteiger partial charge in [-0.3, -0.25) is 4.98 Å². The Morgan fingerprint density at radius 2 is 2.15 bits per heavy atom. The van der Waals surface area contributed by atoms with Crippen molar-refractivity contribution < 1.29 is 0 Å². The third-order valence-electron chi connectivity index (χ3n) is 2.27. The number of thiol groups is 1. The SMILES string of the molecule is Cc1cnc2c(C)c(S)[nH]c2c1N. The Labute approximate surface area is 81.8 Å². The van der Waals surface area contributed by atoms with Gasteiger partial charge in [0.05, 0.1) is 21.7 Å². The van der Waals surface area contributed by atoms with Gasteiger partial charge in [-0.1, -0.05) is 0 Å². The molecule has 0 saturated heterocycles. The van der Waals surface area contributed by atoms with Crippen molar-refractivity contribution in [2.24, 2.45) is 0 Å². The number of aromatic amines is 1. The minimum atomic E-state index is 0.758. The molecular formula is C9H11N3S. The lowest BCUT2D eigenvalue weighted by Gasteiger charge is -1.99. The Bertz CT molecular complexity index is 473. The molecule has 0 bridgehead atoms. The first kappa shape index (κ1) is 8.44. The summed E-state index contributed by atoms with van der Waals surface area (Å²) in [4.78, 5) is 7.41. The summed E-state index contributed by atoms with van der Waals surface area (Å²) in [6.45, 7) is 3.92. The van der Waals surface area contributed by atoms with Gasteiger partial charge < -0.3 is 10.7 Å². The van der Waals surface area contributed by atoms with E-state index in [-0.39, 0.29) is 0 Å². The number of anilines is 1. The van der Waals surface area contributed by atoms with E-state index < -0.39 is 0 Å². The number of nitrogens with two attached hydrogens (primary N) is 1. The molecule has 0 aliphatic heterocycles. The van der Waals surface area contributed by atoms with Gasteiger partial charge in [0.15, 0.2) is 0 Å². The summed E-state index contributed by atoms with van der Waals surface area (Å²) in [5.41, 5.74) is 10.5. The largest absolute Gasteiger partial charge is 0.397 e. The molecule has 3 nitrogen and oxygen atoms in total. The van der Waals surface area contributed by atoms with Crippen molar-refractivity contribution in [1.29, 1.82) is 0 Å². The highest BCUT2D eigenvalue weighted by molar-refractivity contribution is 7.80. The number of aromatic nitrogens is 2. The molecule has 0 spiro atoms. The minimum Gasteiger partial charge on any atom is -0.397 e. The van der Waals surface area contributed by atoms with Crippen molar-refractivity contribution in [3.63, 3.8) is 0 Å². The summed E-state index contributed by atoms with van der Waals surface area (Å²) in [5.74, 6) is 0. The van der Waals surface area contributed by atoms with Crippen molar-refractivity contribution in [1.82, 2.24) is 9.97 Å². The van der Waals surface area contributed by atoms with E-state index in [1.165, 1.54) is 0 Å². The van der Waals surface area contributed by atoms with E-state index in [9.17, 15) is 0 Å². The Hall–Kier alpha value is -1.16. The summed E-state index contributed by atoms with van der Waals surface area (Å²) in [6, 6.07) is 0. The molecule has 0 fully saturated rings. The molecule has 13 heavy (non-hydrogen) atoms. The van der Waals surface area contributed by atoms with Crippen LogP contribution in [0.2, 0.25) is 0 Å². The summed E-state index contributed by atoms with van der Waals surface area (Å²) < 4.78 is 0. The molecule has 0 unspecified atom stereocenters. The van der Waals surface area contributed by atoms with E-state index >= 15 is 0 Å². The molecule has 2 rings (SSSR count). The molecule has 0 aliphatic carbocycles. The molecule has 2 aromatic rings. The normalized spacial score (nSPS) is 11.0. The Kier molecular flexibility index (Phi) is 1.73. The summed E-state index contributed by atoms with van der Waals surface area (Å²) >= 11 is 4.29. The average Bonchev–Trinajstić information content (AvgIpc) is 2.38. The van der Waals surface area contributed by atoms with Crippen LogP contribution in [-0.2, 0) is 0 Å². The van der Waals surface area contributed by atoms with E-state index in [0.717, 1.165) is 32.9 Å². The number of nitrogens with zero attached hydrogens (tertiary/aromatic N) is 1. The number of fused-ring (bicyclic) bond motifs is 1. The number of rotatable bonds is 0. The summed E-state index contributed by atoms with van der Waals surface area (Å²) in [5, 5.41) is 0.833. The van der Waals surface area contributed by atoms with Gasteiger partial charge in [-0.05, 0) is 19.4 Å². The van der Waals surface area contributed by atoms with Crippen LogP contribution in [0.5, 0.6) is 0 Å². The van der Waals surface area contributed by atoms with Gasteiger partial charge in [0.1, 0.15) is 0 Å². The molecule has 3 N–H and O–H groups in total. The Morgan fingerprint density at radius 1 is 1.46 bits per heavy atom. The number of nitrogens with one attached hydrogen (secondary N) is 1. The summed E-state index contributed by atoms with van der Waals surface area (Å²) in [7, 11) is 0. The van der Waals surface area contributed by atoms with Crippen LogP contribution in [0.15, 0.2) is 11.2 Å². The first-order chi connectivity index (χ1) is 6.11. The van der Waals surface area contributed by atoms with E-state index in [1.807, 2.05) is 13.8 Å². The Balaban J connectivity index is 2.94. The zero-order valence-electron chi connectivity index (χ0n) is 7.55. The third-order valence-corrected chi connectivity index (χ3v) is 2.72. The zero-order valence-corrected chi connectivity index (χ0v) is 8.44. The van der Waals surface area contributed by atoms with E-state index in [4.69, 9.17) is 5.73 Å². The van der Waals surface area contributed by atoms with Crippen molar-refractivity contribution in [2.45, 2.75) is 18.9 Å². The predicted octanol–water partition coefficient (Wildman–Crippen LogP) is 2.05. The summed E-state index contributed by atoms with van der Waals surface area (Å²) in [6.07, 6.45) is 1.78. The van der Waals surface area contributed by atoms with Gasteiger partial charge in [0.25, 0.3) is 0 Å². The van der Waals surface area contributed by atoms with Gasteiger partial charge in [-0.2, -0.15) is 0 Å². The highest BCUT2D eigenvalue weighted by atomic mass is 32.1. The zero-order chi connectivity index (χ0) is 9.59. The van der Waals surface area contributed by atoms with Crippen molar-refractivity contribution in [2.75, 3.05) is 5.73 Å². The molecule has 0 radical (unpaired) electrons. The lowest BCUT2D eigenvalue weighted by Crippen LogP contribution is -1.92. The molecule has 0 aliphatic rings. The number of nitrogen functional groups attached to an aromatic ring is 1. The maximum absolute atomic E-state index is 5.90. The van der Waals surface area contributed by atoms with Crippen LogP contribution >= 0.6 is 12.6 Å². The molecule has 0 atom stereocenters. The van der Waals surface area contributed by atoms with Crippen LogP contribution in [0.1, 0.15) is 11.1 Å². The van der Waals surface area contributed by atoms with Crippen LogP contribution in [-0.4, -0.2) is 9.97 Å². The quantitative estimate of drug-likeness (QED) is 0.561. The number of pyridine rings is 1. The highest BCUT2D eigenvalue weighted by Crippen LogP contribution is 2.27. The minimum absolute atomic E-state index is 0.758. The predicted molar refractivity (Wildman–Crippen MR) is 57.2 cm³/mol. The highest BCUT2D eigenvalue weighted by Gasteiger charge is 2.09. The monoisotopic (exact) mass is 193 g/mol. The second kappa shape index (κ2) is 2.67. The van der Waals surface area contributed by atoms with Crippen LogP contribution in [0, 0.1) is 13.8 Å². The lowest BCUT2D eigenvalue weighted by molar-refractivity contribution is 1.19. The second-order valence-electron chi connectivity index (χ2n) is 3.18. The number of aryl methyl sites for hydroxylation is 2. The van der Waals surface area contributed by atoms with Crippen LogP contribution in [0.3, 0.4) is 0 Å². The molecule has 68 valence electrons. The number of hydrogen-bond donors (Lipinski definition) is 3. The lowest BCUT2D eigenvalue weighted by atomic mass is 10.2. The topological polar surface area (TPSA) is 54.7 Å². The average molecular weight is 193 g/mol. The fraction of sp³-hybridized carbons (Fsp3) is 0.222. The standard InChI is InChI=1S/C9H11N3S/c1-4-3-11-7-5(2)9(13)12-8(7)6(4)10/h3,12-13H,1-2H3,(H2,10,11). The first-order valence-electron chi connectivity index (χ1n) is 4.03. The smallest absolute Gasteiger partial charge is 0.0941 e. The molecule has 2 aromatic heterocycles. The van der Waals surface area contributed by atoms with E-state index in [2.05, 4.69) is 22.6 Å². The van der Waals surface area contributed by atoms with E-state index in [0.29, 0.717) is 0 Å². The van der Waals surface area contributed by atoms with E-state index in [1.54, 1.807) is 6.20 Å². The molecule has 0 aromatic carbocycles. The fourth-order valence-electron chi connectivity index (χ4n) is 1.36. The van der Waals surface area contributed by atoms with Crippen LogP contribution in [0.4, 0.5) is 5.69 Å². The van der Waals surface area contributed by atoms with Crippen LogP contribution < -0.4 is 5.73 Å².